The van der Waals surface area contributed by atoms with Crippen molar-refractivity contribution in [3.8, 4) is 0 Å². The first-order valence-electron chi connectivity index (χ1n) is 7.55. The van der Waals surface area contributed by atoms with Crippen molar-refractivity contribution < 1.29 is 8.78 Å². The molecule has 0 atom stereocenters. The predicted octanol–water partition coefficient (Wildman–Crippen LogP) is 3.25. The second-order valence-corrected chi connectivity index (χ2v) is 6.10. The zero-order chi connectivity index (χ0) is 15.7. The van der Waals surface area contributed by atoms with E-state index in [2.05, 4.69) is 23.7 Å². The Morgan fingerprint density at radius 2 is 1.82 bits per heavy atom. The van der Waals surface area contributed by atoms with E-state index in [0.717, 1.165) is 32.7 Å². The van der Waals surface area contributed by atoms with E-state index in [1.165, 1.54) is 24.1 Å². The summed E-state index contributed by atoms with van der Waals surface area (Å²) in [5.41, 5.74) is 0. The highest BCUT2D eigenvalue weighted by atomic mass is 19.1. The van der Waals surface area contributed by atoms with E-state index in [9.17, 15) is 8.78 Å². The molecule has 1 saturated heterocycles. The topological polar surface area (TPSA) is 19.4 Å². The van der Waals surface area contributed by atoms with E-state index in [1.54, 1.807) is 6.07 Å². The number of hydrogen-bond acceptors (Lipinski definition) is 3. The number of anilines is 1. The van der Waals surface area contributed by atoms with E-state index in [1.807, 2.05) is 4.90 Å². The van der Waals surface area contributed by atoms with Crippen molar-refractivity contribution in [2.24, 2.45) is 0 Å². The number of aromatic nitrogens is 1. The zero-order valence-corrected chi connectivity index (χ0v) is 12.9. The Kier molecular flexibility index (Phi) is 4.25. The van der Waals surface area contributed by atoms with E-state index >= 15 is 0 Å². The molecule has 22 heavy (non-hydrogen) atoms. The number of nitrogens with zero attached hydrogens (tertiary/aromatic N) is 3. The number of pyridine rings is 1. The highest BCUT2D eigenvalue weighted by Gasteiger charge is 2.21. The van der Waals surface area contributed by atoms with Gasteiger partial charge in [0.25, 0.3) is 0 Å². The van der Waals surface area contributed by atoms with Crippen LogP contribution in [0.3, 0.4) is 0 Å². The maximum atomic E-state index is 13.8. The van der Waals surface area contributed by atoms with E-state index in [-0.39, 0.29) is 5.82 Å². The third kappa shape index (κ3) is 3.19. The Balaban J connectivity index is 1.86. The number of hydrogen-bond donors (Lipinski definition) is 0. The average Bonchev–Trinajstić information content (AvgIpc) is 2.47. The number of benzene rings is 1. The number of fused-ring (bicyclic) bond motifs is 1. The summed E-state index contributed by atoms with van der Waals surface area (Å²) in [6.07, 6.45) is 0. The maximum Gasteiger partial charge on any atom is 0.215 e. The van der Waals surface area contributed by atoms with Gasteiger partial charge in [-0.05, 0) is 23.4 Å². The molecule has 2 aromatic rings. The molecule has 1 radical (unpaired) electrons. The quantitative estimate of drug-likeness (QED) is 0.812. The van der Waals surface area contributed by atoms with Crippen molar-refractivity contribution in [2.45, 2.75) is 13.8 Å². The van der Waals surface area contributed by atoms with Crippen LogP contribution >= 0.6 is 0 Å². The fraction of sp³-hybridized carbons (Fsp3) is 0.412. The van der Waals surface area contributed by atoms with Gasteiger partial charge < -0.3 is 4.90 Å². The molecular formula is C17H20F2N3. The first kappa shape index (κ1) is 15.2. The molecule has 1 aliphatic rings. The van der Waals surface area contributed by atoms with Crippen molar-refractivity contribution in [1.29, 1.82) is 0 Å². The lowest BCUT2D eigenvalue weighted by Crippen LogP contribution is -2.47. The second-order valence-electron chi connectivity index (χ2n) is 6.10. The lowest BCUT2D eigenvalue weighted by atomic mass is 10.1. The molecule has 2 heterocycles. The molecule has 1 aliphatic heterocycles. The highest BCUT2D eigenvalue weighted by Crippen LogP contribution is 2.27. The molecule has 0 saturated carbocycles. The zero-order valence-electron chi connectivity index (χ0n) is 12.9. The third-order valence-electron chi connectivity index (χ3n) is 3.96. The maximum absolute atomic E-state index is 13.8. The van der Waals surface area contributed by atoms with Crippen LogP contribution in [0.1, 0.15) is 13.8 Å². The summed E-state index contributed by atoms with van der Waals surface area (Å²) in [4.78, 5) is 8.44. The smallest absolute Gasteiger partial charge is 0.215 e. The molecule has 0 spiro atoms. The van der Waals surface area contributed by atoms with E-state index < -0.39 is 5.95 Å². The van der Waals surface area contributed by atoms with Crippen molar-refractivity contribution in [1.82, 2.24) is 9.88 Å². The summed E-state index contributed by atoms with van der Waals surface area (Å²) in [7, 11) is 0. The summed E-state index contributed by atoms with van der Waals surface area (Å²) in [5, 5.41) is 1.36. The van der Waals surface area contributed by atoms with Gasteiger partial charge >= 0.3 is 0 Å². The van der Waals surface area contributed by atoms with Crippen molar-refractivity contribution in [3.63, 3.8) is 0 Å². The summed E-state index contributed by atoms with van der Waals surface area (Å²) >= 11 is 0. The summed E-state index contributed by atoms with van der Waals surface area (Å²) in [6, 6.07) is 5.74. The average molecular weight is 304 g/mol. The molecule has 1 aromatic carbocycles. The van der Waals surface area contributed by atoms with Crippen LogP contribution < -0.4 is 4.90 Å². The second kappa shape index (κ2) is 6.16. The molecule has 0 aliphatic carbocycles. The van der Waals surface area contributed by atoms with Gasteiger partial charge in [0.1, 0.15) is 11.6 Å². The van der Waals surface area contributed by atoms with Crippen LogP contribution in [0.2, 0.25) is 0 Å². The van der Waals surface area contributed by atoms with Crippen molar-refractivity contribution >= 4 is 16.6 Å². The van der Waals surface area contributed by atoms with Crippen LogP contribution in [-0.4, -0.2) is 42.6 Å². The first-order chi connectivity index (χ1) is 10.5. The number of piperazine rings is 1. The molecule has 0 unspecified atom stereocenters. The van der Waals surface area contributed by atoms with Crippen LogP contribution in [0.5, 0.6) is 0 Å². The van der Waals surface area contributed by atoms with Crippen LogP contribution in [0.15, 0.2) is 24.3 Å². The van der Waals surface area contributed by atoms with Gasteiger partial charge in [0, 0.05) is 44.2 Å². The number of rotatable bonds is 3. The van der Waals surface area contributed by atoms with Gasteiger partial charge in [0.05, 0.1) is 0 Å². The minimum atomic E-state index is -0.519. The highest BCUT2D eigenvalue weighted by molar-refractivity contribution is 5.92. The summed E-state index contributed by atoms with van der Waals surface area (Å²) < 4.78 is 27.3. The number of halogens is 2. The summed E-state index contributed by atoms with van der Waals surface area (Å²) in [6.45, 7) is 8.58. The van der Waals surface area contributed by atoms with Crippen LogP contribution in [0, 0.1) is 17.7 Å². The van der Waals surface area contributed by atoms with Gasteiger partial charge in [-0.25, -0.2) is 9.37 Å². The van der Waals surface area contributed by atoms with Crippen LogP contribution in [0.25, 0.3) is 10.8 Å². The summed E-state index contributed by atoms with van der Waals surface area (Å²) in [5.74, 6) is 1.09. The fourth-order valence-electron chi connectivity index (χ4n) is 2.98. The standard InChI is InChI=1S/C17H20F2N3/c1-12(2)11-21-5-7-22(8-6-21)17-15-10-14(18)4-3-13(15)9-16(19)20-17/h3-4,9-10H,5-8,11H2,1-2H3. The molecule has 0 N–H and O–H groups in total. The Morgan fingerprint density at radius 3 is 2.50 bits per heavy atom. The largest absolute Gasteiger partial charge is 0.353 e. The molecule has 0 amide bonds. The van der Waals surface area contributed by atoms with Gasteiger partial charge in [-0.2, -0.15) is 4.39 Å². The van der Waals surface area contributed by atoms with Crippen LogP contribution in [-0.2, 0) is 0 Å². The Morgan fingerprint density at radius 1 is 1.09 bits per heavy atom. The molecule has 3 nitrogen and oxygen atoms in total. The fourth-order valence-corrected chi connectivity index (χ4v) is 2.98. The van der Waals surface area contributed by atoms with Gasteiger partial charge in [-0.3, -0.25) is 4.90 Å². The molecule has 1 aromatic heterocycles. The van der Waals surface area contributed by atoms with Crippen molar-refractivity contribution in [3.05, 3.63) is 41.9 Å². The Bertz CT molecular complexity index is 664. The van der Waals surface area contributed by atoms with E-state index in [0.29, 0.717) is 16.6 Å². The van der Waals surface area contributed by atoms with Gasteiger partial charge in [-0.15, -0.1) is 0 Å². The Hall–Kier alpha value is -1.75. The minimum Gasteiger partial charge on any atom is -0.353 e. The van der Waals surface area contributed by atoms with Gasteiger partial charge in [-0.1, -0.05) is 19.9 Å². The molecule has 117 valence electrons. The monoisotopic (exact) mass is 304 g/mol. The molecule has 1 fully saturated rings. The lowest BCUT2D eigenvalue weighted by Gasteiger charge is -2.36. The molecular weight excluding hydrogens is 284 g/mol. The van der Waals surface area contributed by atoms with E-state index in [4.69, 9.17) is 0 Å². The van der Waals surface area contributed by atoms with Gasteiger partial charge in [0.15, 0.2) is 0 Å². The molecule has 0 bridgehead atoms. The first-order valence-corrected chi connectivity index (χ1v) is 7.55. The molecule has 5 heteroatoms. The predicted molar refractivity (Wildman–Crippen MR) is 84.9 cm³/mol. The Labute approximate surface area is 129 Å². The molecule has 3 rings (SSSR count). The minimum absolute atomic E-state index is 0.322. The van der Waals surface area contributed by atoms with Gasteiger partial charge in [0.2, 0.25) is 5.95 Å². The lowest BCUT2D eigenvalue weighted by molar-refractivity contribution is 0.267. The van der Waals surface area contributed by atoms with Crippen molar-refractivity contribution in [2.75, 3.05) is 37.6 Å². The third-order valence-corrected chi connectivity index (χ3v) is 3.96. The SMILES string of the molecule is C[C](C)CN1CCN(c2nc(F)cc3ccc(F)cc23)CC1. The van der Waals surface area contributed by atoms with Crippen LogP contribution in [0.4, 0.5) is 14.6 Å². The normalized spacial score (nSPS) is 16.7.